The Bertz CT molecular complexity index is 642. The molecule has 0 spiro atoms. The summed E-state index contributed by atoms with van der Waals surface area (Å²) in [6.07, 6.45) is 0.927. The standard InChI is InChI=1S/C15H17FN2O2S/c1-3-14-17-11(9-21-14)8-18(2)7-10-4-5-12(15(19)20)13(16)6-10/h4-6,9H,3,7-8H2,1-2H3,(H,19,20). The normalized spacial score (nSPS) is 11.0. The predicted octanol–water partition coefficient (Wildman–Crippen LogP) is 3.17. The van der Waals surface area contributed by atoms with Crippen molar-refractivity contribution >= 4 is 17.3 Å². The lowest BCUT2D eigenvalue weighted by Gasteiger charge is -2.15. The monoisotopic (exact) mass is 308 g/mol. The second-order valence-electron chi connectivity index (χ2n) is 4.88. The minimum absolute atomic E-state index is 0.298. The van der Waals surface area contributed by atoms with Crippen LogP contribution < -0.4 is 0 Å². The van der Waals surface area contributed by atoms with Gasteiger partial charge in [-0.1, -0.05) is 13.0 Å². The molecule has 0 bridgehead atoms. The van der Waals surface area contributed by atoms with Gasteiger partial charge in [0.15, 0.2) is 0 Å². The van der Waals surface area contributed by atoms with Gasteiger partial charge in [-0.05, 0) is 31.2 Å². The molecular weight excluding hydrogens is 291 g/mol. The van der Waals surface area contributed by atoms with Crippen LogP contribution in [0.1, 0.15) is 33.5 Å². The third-order valence-electron chi connectivity index (χ3n) is 3.05. The summed E-state index contributed by atoms with van der Waals surface area (Å²) in [6, 6.07) is 4.22. The van der Waals surface area contributed by atoms with Crippen molar-refractivity contribution in [2.24, 2.45) is 0 Å². The van der Waals surface area contributed by atoms with Crippen molar-refractivity contribution in [2.45, 2.75) is 26.4 Å². The second kappa shape index (κ2) is 6.78. The van der Waals surface area contributed by atoms with Gasteiger partial charge in [0.2, 0.25) is 0 Å². The average Bonchev–Trinajstić information content (AvgIpc) is 2.85. The van der Waals surface area contributed by atoms with E-state index in [4.69, 9.17) is 5.11 Å². The molecule has 21 heavy (non-hydrogen) atoms. The number of thiazole rings is 1. The molecule has 1 aromatic heterocycles. The molecule has 0 aliphatic carbocycles. The first-order valence-corrected chi connectivity index (χ1v) is 7.51. The second-order valence-corrected chi connectivity index (χ2v) is 5.82. The number of carboxylic acid groups (broad SMARTS) is 1. The van der Waals surface area contributed by atoms with Gasteiger partial charge in [0.25, 0.3) is 0 Å². The molecule has 0 amide bonds. The Morgan fingerprint density at radius 3 is 2.76 bits per heavy atom. The first-order chi connectivity index (χ1) is 9.99. The van der Waals surface area contributed by atoms with Crippen LogP contribution in [0.2, 0.25) is 0 Å². The number of nitrogens with zero attached hydrogens (tertiary/aromatic N) is 2. The number of hydrogen-bond donors (Lipinski definition) is 1. The van der Waals surface area contributed by atoms with Gasteiger partial charge in [0.05, 0.1) is 16.3 Å². The molecule has 0 saturated carbocycles. The molecule has 0 saturated heterocycles. The van der Waals surface area contributed by atoms with Crippen LogP contribution in [0.25, 0.3) is 0 Å². The Morgan fingerprint density at radius 2 is 2.19 bits per heavy atom. The fourth-order valence-corrected chi connectivity index (χ4v) is 2.79. The Balaban J connectivity index is 2.00. The molecule has 0 aliphatic rings. The van der Waals surface area contributed by atoms with E-state index < -0.39 is 11.8 Å². The van der Waals surface area contributed by atoms with E-state index in [2.05, 4.69) is 11.9 Å². The van der Waals surface area contributed by atoms with Gasteiger partial charge in [-0.3, -0.25) is 4.90 Å². The quantitative estimate of drug-likeness (QED) is 0.890. The van der Waals surface area contributed by atoms with Crippen molar-refractivity contribution in [2.75, 3.05) is 7.05 Å². The van der Waals surface area contributed by atoms with E-state index in [1.165, 1.54) is 12.1 Å². The summed E-state index contributed by atoms with van der Waals surface area (Å²) in [5.74, 6) is -1.95. The topological polar surface area (TPSA) is 53.4 Å². The number of hydrogen-bond acceptors (Lipinski definition) is 4. The smallest absolute Gasteiger partial charge is 0.338 e. The highest BCUT2D eigenvalue weighted by atomic mass is 32.1. The van der Waals surface area contributed by atoms with E-state index in [1.54, 1.807) is 17.4 Å². The Morgan fingerprint density at radius 1 is 1.43 bits per heavy atom. The Labute approximate surface area is 126 Å². The molecular formula is C15H17FN2O2S. The minimum Gasteiger partial charge on any atom is -0.478 e. The molecule has 6 heteroatoms. The fraction of sp³-hybridized carbons (Fsp3) is 0.333. The minimum atomic E-state index is -1.25. The maximum absolute atomic E-state index is 13.6. The molecule has 4 nitrogen and oxygen atoms in total. The van der Waals surface area contributed by atoms with Crippen molar-refractivity contribution in [1.29, 1.82) is 0 Å². The largest absolute Gasteiger partial charge is 0.478 e. The van der Waals surface area contributed by atoms with Crippen molar-refractivity contribution in [3.05, 3.63) is 51.2 Å². The molecule has 1 aromatic carbocycles. The number of halogens is 1. The predicted molar refractivity (Wildman–Crippen MR) is 80.0 cm³/mol. The van der Waals surface area contributed by atoms with E-state index in [9.17, 15) is 9.18 Å². The third kappa shape index (κ3) is 4.09. The number of aryl methyl sites for hydroxylation is 1. The highest BCUT2D eigenvalue weighted by molar-refractivity contribution is 7.09. The van der Waals surface area contributed by atoms with Crippen molar-refractivity contribution in [3.63, 3.8) is 0 Å². The summed E-state index contributed by atoms with van der Waals surface area (Å²) in [5, 5.41) is 11.9. The Hall–Kier alpha value is -1.79. The third-order valence-corrected chi connectivity index (χ3v) is 4.09. The van der Waals surface area contributed by atoms with Gasteiger partial charge in [-0.15, -0.1) is 11.3 Å². The maximum atomic E-state index is 13.6. The van der Waals surface area contributed by atoms with E-state index in [-0.39, 0.29) is 5.56 Å². The molecule has 112 valence electrons. The maximum Gasteiger partial charge on any atom is 0.338 e. The van der Waals surface area contributed by atoms with Gasteiger partial charge in [0.1, 0.15) is 5.82 Å². The SMILES string of the molecule is CCc1nc(CN(C)Cc2ccc(C(=O)O)c(F)c2)cs1. The molecule has 0 atom stereocenters. The van der Waals surface area contributed by atoms with Gasteiger partial charge in [-0.25, -0.2) is 14.2 Å². The highest BCUT2D eigenvalue weighted by Gasteiger charge is 2.11. The number of aromatic nitrogens is 1. The summed E-state index contributed by atoms with van der Waals surface area (Å²) >= 11 is 1.64. The average molecular weight is 308 g/mol. The van der Waals surface area contributed by atoms with Crippen molar-refractivity contribution < 1.29 is 14.3 Å². The first-order valence-electron chi connectivity index (χ1n) is 6.63. The van der Waals surface area contributed by atoms with Crippen LogP contribution in [0.3, 0.4) is 0 Å². The number of aromatic carboxylic acids is 1. The number of benzene rings is 1. The van der Waals surface area contributed by atoms with E-state index in [1.807, 2.05) is 17.3 Å². The molecule has 0 unspecified atom stereocenters. The lowest BCUT2D eigenvalue weighted by molar-refractivity contribution is 0.0692. The van der Waals surface area contributed by atoms with Gasteiger partial charge < -0.3 is 5.11 Å². The van der Waals surface area contributed by atoms with Gasteiger partial charge >= 0.3 is 5.97 Å². The Kier molecular flexibility index (Phi) is 5.03. The molecule has 1 heterocycles. The van der Waals surface area contributed by atoms with Crippen molar-refractivity contribution in [3.8, 4) is 0 Å². The van der Waals surface area contributed by atoms with Crippen molar-refractivity contribution in [1.82, 2.24) is 9.88 Å². The van der Waals surface area contributed by atoms with Crippen LogP contribution in [0, 0.1) is 5.82 Å². The van der Waals surface area contributed by atoms with Crippen LogP contribution >= 0.6 is 11.3 Å². The van der Waals surface area contributed by atoms with Crippen LogP contribution in [0.15, 0.2) is 23.6 Å². The molecule has 1 N–H and O–H groups in total. The number of rotatable bonds is 6. The van der Waals surface area contributed by atoms with Crippen LogP contribution in [-0.2, 0) is 19.5 Å². The molecule has 0 aliphatic heterocycles. The fourth-order valence-electron chi connectivity index (χ4n) is 2.06. The summed E-state index contributed by atoms with van der Waals surface area (Å²) in [5.41, 5.74) is 1.45. The molecule has 0 fully saturated rings. The van der Waals surface area contributed by atoms with E-state index >= 15 is 0 Å². The highest BCUT2D eigenvalue weighted by Crippen LogP contribution is 2.15. The van der Waals surface area contributed by atoms with Crippen LogP contribution in [0.4, 0.5) is 4.39 Å². The summed E-state index contributed by atoms with van der Waals surface area (Å²) < 4.78 is 13.6. The zero-order chi connectivity index (χ0) is 15.4. The zero-order valence-electron chi connectivity index (χ0n) is 12.0. The van der Waals surface area contributed by atoms with Gasteiger partial charge in [0, 0.05) is 18.5 Å². The van der Waals surface area contributed by atoms with Crippen LogP contribution in [-0.4, -0.2) is 28.0 Å². The summed E-state index contributed by atoms with van der Waals surface area (Å²) in [4.78, 5) is 17.3. The lowest BCUT2D eigenvalue weighted by atomic mass is 10.1. The van der Waals surface area contributed by atoms with Gasteiger partial charge in [-0.2, -0.15) is 0 Å². The summed E-state index contributed by atoms with van der Waals surface area (Å²) in [6.45, 7) is 3.29. The lowest BCUT2D eigenvalue weighted by Crippen LogP contribution is -2.17. The first kappa shape index (κ1) is 15.6. The number of carboxylic acids is 1. The van der Waals surface area contributed by atoms with Crippen LogP contribution in [0.5, 0.6) is 0 Å². The van der Waals surface area contributed by atoms with E-state index in [0.717, 1.165) is 22.7 Å². The van der Waals surface area contributed by atoms with E-state index in [0.29, 0.717) is 13.1 Å². The number of carbonyl (C=O) groups is 1. The molecule has 2 rings (SSSR count). The zero-order valence-corrected chi connectivity index (χ0v) is 12.8. The molecule has 2 aromatic rings. The summed E-state index contributed by atoms with van der Waals surface area (Å²) in [7, 11) is 1.92. The molecule has 0 radical (unpaired) electrons.